The molecule has 0 radical (unpaired) electrons. The normalized spacial score (nSPS) is 19.9. The van der Waals surface area contributed by atoms with Crippen molar-refractivity contribution >= 4 is 17.9 Å². The Labute approximate surface area is 157 Å². The summed E-state index contributed by atoms with van der Waals surface area (Å²) in [7, 11) is 0. The molecular formula is C19H26FN3O4. The summed E-state index contributed by atoms with van der Waals surface area (Å²) in [6.07, 6.45) is 2.77. The molecule has 0 aromatic heterocycles. The predicted octanol–water partition coefficient (Wildman–Crippen LogP) is 2.16. The Morgan fingerprint density at radius 3 is 2.52 bits per heavy atom. The number of hydrogen-bond acceptors (Lipinski definition) is 3. The lowest BCUT2D eigenvalue weighted by atomic mass is 10.1. The van der Waals surface area contributed by atoms with Crippen molar-refractivity contribution in [1.29, 1.82) is 0 Å². The highest BCUT2D eigenvalue weighted by Gasteiger charge is 2.32. The molecular weight excluding hydrogens is 353 g/mol. The first-order valence-corrected chi connectivity index (χ1v) is 9.21. The molecule has 148 valence electrons. The molecule has 2 rings (SSSR count). The zero-order valence-corrected chi connectivity index (χ0v) is 15.3. The van der Waals surface area contributed by atoms with Gasteiger partial charge >= 0.3 is 12.0 Å². The van der Waals surface area contributed by atoms with E-state index in [1.807, 2.05) is 6.92 Å². The zero-order chi connectivity index (χ0) is 19.8. The van der Waals surface area contributed by atoms with Gasteiger partial charge in [-0.05, 0) is 43.4 Å². The molecule has 0 heterocycles. The molecule has 1 fully saturated rings. The highest BCUT2D eigenvalue weighted by atomic mass is 19.1. The second-order valence-electron chi connectivity index (χ2n) is 6.85. The largest absolute Gasteiger partial charge is 0.481 e. The number of hydrogen-bond donors (Lipinski definition) is 4. The molecule has 0 spiro atoms. The van der Waals surface area contributed by atoms with Gasteiger partial charge in [-0.3, -0.25) is 9.59 Å². The van der Waals surface area contributed by atoms with Crippen molar-refractivity contribution in [2.75, 3.05) is 0 Å². The predicted molar refractivity (Wildman–Crippen MR) is 97.4 cm³/mol. The summed E-state index contributed by atoms with van der Waals surface area (Å²) in [5, 5.41) is 17.2. The van der Waals surface area contributed by atoms with E-state index in [0.717, 1.165) is 5.56 Å². The topological polar surface area (TPSA) is 108 Å². The molecule has 0 aliphatic heterocycles. The second kappa shape index (κ2) is 9.89. The average Bonchev–Trinajstić information content (AvgIpc) is 3.09. The lowest BCUT2D eigenvalue weighted by Crippen LogP contribution is -2.51. The van der Waals surface area contributed by atoms with Crippen LogP contribution in [0.25, 0.3) is 0 Å². The third kappa shape index (κ3) is 6.54. The van der Waals surface area contributed by atoms with E-state index in [1.54, 1.807) is 12.1 Å². The lowest BCUT2D eigenvalue weighted by molar-refractivity contribution is -0.141. The summed E-state index contributed by atoms with van der Waals surface area (Å²) in [4.78, 5) is 35.6. The molecule has 1 saturated carbocycles. The number of carbonyl (C=O) groups is 3. The number of amides is 3. The number of urea groups is 1. The Hall–Kier alpha value is -2.64. The number of aliphatic carboxylic acids is 1. The molecule has 1 aromatic carbocycles. The number of benzene rings is 1. The van der Waals surface area contributed by atoms with E-state index in [0.29, 0.717) is 32.1 Å². The van der Waals surface area contributed by atoms with Crippen LogP contribution >= 0.6 is 0 Å². The van der Waals surface area contributed by atoms with Crippen molar-refractivity contribution in [1.82, 2.24) is 16.0 Å². The second-order valence-corrected chi connectivity index (χ2v) is 6.85. The van der Waals surface area contributed by atoms with Gasteiger partial charge in [0, 0.05) is 12.6 Å². The van der Waals surface area contributed by atoms with E-state index < -0.39 is 24.0 Å². The first-order valence-electron chi connectivity index (χ1n) is 9.21. The highest BCUT2D eigenvalue weighted by molar-refractivity contribution is 5.87. The molecule has 3 atom stereocenters. The van der Waals surface area contributed by atoms with Gasteiger partial charge in [0.1, 0.15) is 11.9 Å². The summed E-state index contributed by atoms with van der Waals surface area (Å²) in [5.41, 5.74) is 0.744. The maximum atomic E-state index is 12.9. The van der Waals surface area contributed by atoms with E-state index in [-0.39, 0.29) is 24.3 Å². The van der Waals surface area contributed by atoms with Crippen LogP contribution < -0.4 is 16.0 Å². The van der Waals surface area contributed by atoms with Gasteiger partial charge in [-0.1, -0.05) is 25.5 Å². The van der Waals surface area contributed by atoms with Crippen molar-refractivity contribution in [3.05, 3.63) is 35.6 Å². The van der Waals surface area contributed by atoms with Gasteiger partial charge in [-0.25, -0.2) is 9.18 Å². The first-order chi connectivity index (χ1) is 12.9. The highest BCUT2D eigenvalue weighted by Crippen LogP contribution is 2.25. The number of rotatable bonds is 8. The summed E-state index contributed by atoms with van der Waals surface area (Å²) < 4.78 is 12.9. The summed E-state index contributed by atoms with van der Waals surface area (Å²) in [6.45, 7) is 2.13. The fourth-order valence-electron chi connectivity index (χ4n) is 3.19. The quantitative estimate of drug-likeness (QED) is 0.555. The monoisotopic (exact) mass is 379 g/mol. The van der Waals surface area contributed by atoms with Gasteiger partial charge in [-0.2, -0.15) is 0 Å². The minimum atomic E-state index is -0.838. The Morgan fingerprint density at radius 1 is 1.22 bits per heavy atom. The number of carbonyl (C=O) groups excluding carboxylic acids is 2. The van der Waals surface area contributed by atoms with E-state index in [1.165, 1.54) is 12.1 Å². The molecule has 7 nitrogen and oxygen atoms in total. The van der Waals surface area contributed by atoms with Crippen molar-refractivity contribution in [3.8, 4) is 0 Å². The molecule has 0 bridgehead atoms. The van der Waals surface area contributed by atoms with Crippen molar-refractivity contribution in [2.45, 2.75) is 57.7 Å². The Balaban J connectivity index is 1.82. The molecule has 1 aliphatic carbocycles. The molecule has 27 heavy (non-hydrogen) atoms. The molecule has 1 aliphatic rings. The van der Waals surface area contributed by atoms with E-state index in [4.69, 9.17) is 5.11 Å². The van der Waals surface area contributed by atoms with Gasteiger partial charge in [0.15, 0.2) is 0 Å². The lowest BCUT2D eigenvalue weighted by Gasteiger charge is -2.21. The van der Waals surface area contributed by atoms with Crippen LogP contribution in [0.15, 0.2) is 24.3 Å². The Morgan fingerprint density at radius 2 is 1.93 bits per heavy atom. The van der Waals surface area contributed by atoms with Crippen molar-refractivity contribution in [2.24, 2.45) is 5.92 Å². The first kappa shape index (κ1) is 20.7. The Kier molecular flexibility index (Phi) is 7.57. The minimum absolute atomic E-state index is 0.179. The van der Waals surface area contributed by atoms with Crippen LogP contribution in [0.4, 0.5) is 9.18 Å². The third-order valence-electron chi connectivity index (χ3n) is 4.69. The fraction of sp³-hybridized carbons (Fsp3) is 0.526. The third-order valence-corrected chi connectivity index (χ3v) is 4.69. The molecule has 1 unspecified atom stereocenters. The van der Waals surface area contributed by atoms with Gasteiger partial charge in [0.25, 0.3) is 0 Å². The van der Waals surface area contributed by atoms with Crippen LogP contribution in [-0.2, 0) is 16.1 Å². The summed E-state index contributed by atoms with van der Waals surface area (Å²) in [6, 6.07) is 4.43. The fourth-order valence-corrected chi connectivity index (χ4v) is 3.19. The molecule has 4 N–H and O–H groups in total. The summed E-state index contributed by atoms with van der Waals surface area (Å²) >= 11 is 0. The SMILES string of the molecule is CCCC(NC(=O)NCc1ccc(F)cc1)C(=O)N[C@H]1CC[C@@H](C(=O)O)C1. The zero-order valence-electron chi connectivity index (χ0n) is 15.3. The van der Waals surface area contributed by atoms with Crippen LogP contribution in [0.1, 0.15) is 44.6 Å². The van der Waals surface area contributed by atoms with Crippen LogP contribution in [-0.4, -0.2) is 35.1 Å². The molecule has 0 saturated heterocycles. The van der Waals surface area contributed by atoms with Gasteiger partial charge < -0.3 is 21.1 Å². The van der Waals surface area contributed by atoms with Crippen LogP contribution in [0.3, 0.4) is 0 Å². The number of halogens is 1. The van der Waals surface area contributed by atoms with E-state index in [2.05, 4.69) is 16.0 Å². The van der Waals surface area contributed by atoms with Crippen LogP contribution in [0, 0.1) is 11.7 Å². The molecule has 8 heteroatoms. The van der Waals surface area contributed by atoms with Crippen molar-refractivity contribution < 1.29 is 23.9 Å². The maximum absolute atomic E-state index is 12.9. The van der Waals surface area contributed by atoms with Gasteiger partial charge in [0.05, 0.1) is 5.92 Å². The summed E-state index contributed by atoms with van der Waals surface area (Å²) in [5.74, 6) is -1.91. The van der Waals surface area contributed by atoms with Gasteiger partial charge in [-0.15, -0.1) is 0 Å². The number of nitrogens with one attached hydrogen (secondary N) is 3. The average molecular weight is 379 g/mol. The van der Waals surface area contributed by atoms with Gasteiger partial charge in [0.2, 0.25) is 5.91 Å². The molecule has 1 aromatic rings. The van der Waals surface area contributed by atoms with Crippen LogP contribution in [0.5, 0.6) is 0 Å². The van der Waals surface area contributed by atoms with Crippen LogP contribution in [0.2, 0.25) is 0 Å². The Bertz CT molecular complexity index is 665. The molecule has 3 amide bonds. The van der Waals surface area contributed by atoms with E-state index in [9.17, 15) is 18.8 Å². The number of carboxylic acid groups (broad SMARTS) is 1. The maximum Gasteiger partial charge on any atom is 0.315 e. The van der Waals surface area contributed by atoms with E-state index >= 15 is 0 Å². The standard InChI is InChI=1S/C19H26FN3O4/c1-2-3-16(17(24)22-15-9-6-13(10-15)18(25)26)23-19(27)21-11-12-4-7-14(20)8-5-12/h4-5,7-8,13,15-16H,2-3,6,9-11H2,1H3,(H,22,24)(H,25,26)(H2,21,23,27)/t13-,15+,16?/m1/s1. The number of carboxylic acids is 1. The van der Waals surface area contributed by atoms with Crippen molar-refractivity contribution in [3.63, 3.8) is 0 Å². The minimum Gasteiger partial charge on any atom is -0.481 e. The smallest absolute Gasteiger partial charge is 0.315 e.